The fourth-order valence-corrected chi connectivity index (χ4v) is 3.38. The zero-order valence-corrected chi connectivity index (χ0v) is 13.0. The van der Waals surface area contributed by atoms with Crippen LogP contribution in [0.5, 0.6) is 0 Å². The zero-order valence-electron chi connectivity index (χ0n) is 13.0. The minimum atomic E-state index is 0.176. The zero-order chi connectivity index (χ0) is 14.2. The van der Waals surface area contributed by atoms with E-state index in [1.807, 2.05) is 0 Å². The lowest BCUT2D eigenvalue weighted by molar-refractivity contribution is 0.107. The summed E-state index contributed by atoms with van der Waals surface area (Å²) >= 11 is 0. The van der Waals surface area contributed by atoms with Crippen molar-refractivity contribution in [2.75, 3.05) is 18.5 Å². The first-order chi connectivity index (χ1) is 8.88. The smallest absolute Gasteiger partial charge is 0.0526 e. The molecule has 0 heterocycles. The van der Waals surface area contributed by atoms with E-state index < -0.39 is 0 Å². The van der Waals surface area contributed by atoms with Gasteiger partial charge in [-0.2, -0.15) is 0 Å². The molecular weight excluding hydrogens is 232 g/mol. The summed E-state index contributed by atoms with van der Waals surface area (Å²) in [6, 6.07) is 6.77. The van der Waals surface area contributed by atoms with Crippen LogP contribution in [0.25, 0.3) is 0 Å². The van der Waals surface area contributed by atoms with Crippen LogP contribution < -0.4 is 10.6 Å². The van der Waals surface area contributed by atoms with Gasteiger partial charge in [0.2, 0.25) is 0 Å². The summed E-state index contributed by atoms with van der Waals surface area (Å²) in [5, 5.41) is 0. The van der Waals surface area contributed by atoms with Crippen LogP contribution in [0.3, 0.4) is 0 Å². The molecule has 106 valence electrons. The van der Waals surface area contributed by atoms with Crippen LogP contribution in [0.15, 0.2) is 18.2 Å². The Morgan fingerprint density at radius 1 is 1.21 bits per heavy atom. The maximum Gasteiger partial charge on any atom is 0.0526 e. The van der Waals surface area contributed by atoms with E-state index >= 15 is 0 Å². The molecule has 2 N–H and O–H groups in total. The Bertz CT molecular complexity index is 424. The van der Waals surface area contributed by atoms with Gasteiger partial charge in [0.25, 0.3) is 0 Å². The summed E-state index contributed by atoms with van der Waals surface area (Å²) in [6.07, 6.45) is 2.45. The van der Waals surface area contributed by atoms with Gasteiger partial charge in [-0.3, -0.25) is 0 Å². The molecule has 0 aliphatic heterocycles. The minimum Gasteiger partial charge on any atom is -0.368 e. The van der Waals surface area contributed by atoms with Crippen molar-refractivity contribution in [2.45, 2.75) is 46.1 Å². The third-order valence-electron chi connectivity index (χ3n) is 4.91. The molecule has 0 spiro atoms. The van der Waals surface area contributed by atoms with Gasteiger partial charge in [-0.25, -0.2) is 0 Å². The molecule has 0 atom stereocenters. The van der Waals surface area contributed by atoms with E-state index in [1.54, 1.807) is 0 Å². The Kier molecular flexibility index (Phi) is 3.91. The highest BCUT2D eigenvalue weighted by atomic mass is 15.2. The quantitative estimate of drug-likeness (QED) is 0.897. The molecule has 1 fully saturated rings. The topological polar surface area (TPSA) is 29.3 Å². The van der Waals surface area contributed by atoms with Crippen molar-refractivity contribution in [1.29, 1.82) is 0 Å². The van der Waals surface area contributed by atoms with Crippen LogP contribution >= 0.6 is 0 Å². The fourth-order valence-electron chi connectivity index (χ4n) is 3.38. The first kappa shape index (κ1) is 14.4. The van der Waals surface area contributed by atoms with Gasteiger partial charge < -0.3 is 10.6 Å². The maximum absolute atomic E-state index is 6.10. The lowest BCUT2D eigenvalue weighted by Gasteiger charge is -2.55. The van der Waals surface area contributed by atoms with E-state index in [4.69, 9.17) is 5.73 Å². The van der Waals surface area contributed by atoms with E-state index in [0.29, 0.717) is 0 Å². The number of aryl methyl sites for hydroxylation is 2. The lowest BCUT2D eigenvalue weighted by Crippen LogP contribution is -2.61. The molecule has 1 aliphatic carbocycles. The summed E-state index contributed by atoms with van der Waals surface area (Å²) in [6.45, 7) is 9.72. The molecule has 1 aliphatic rings. The molecule has 1 aromatic rings. The summed E-state index contributed by atoms with van der Waals surface area (Å²) in [4.78, 5) is 2.42. The van der Waals surface area contributed by atoms with E-state index in [2.05, 4.69) is 57.8 Å². The molecule has 1 saturated carbocycles. The van der Waals surface area contributed by atoms with Crippen molar-refractivity contribution in [1.82, 2.24) is 0 Å². The van der Waals surface area contributed by atoms with Gasteiger partial charge >= 0.3 is 0 Å². The number of anilines is 1. The molecule has 0 aromatic heterocycles. The van der Waals surface area contributed by atoms with Crippen LogP contribution in [0.2, 0.25) is 0 Å². The Morgan fingerprint density at radius 3 is 2.16 bits per heavy atom. The largest absolute Gasteiger partial charge is 0.368 e. The third-order valence-corrected chi connectivity index (χ3v) is 4.91. The van der Waals surface area contributed by atoms with Crippen molar-refractivity contribution in [3.63, 3.8) is 0 Å². The molecule has 2 nitrogen and oxygen atoms in total. The number of nitrogens with zero attached hydrogens (tertiary/aromatic N) is 1. The number of rotatable bonds is 4. The normalized spacial score (nSPS) is 26.4. The Hall–Kier alpha value is -1.02. The van der Waals surface area contributed by atoms with Gasteiger partial charge in [0.15, 0.2) is 0 Å². The molecule has 2 rings (SSSR count). The highest BCUT2D eigenvalue weighted by Crippen LogP contribution is 2.46. The standard InChI is InChI=1S/C17H28N2/c1-12(2)15-9-17(10-15,11-18)19(5)16-7-13(3)6-14(4)8-16/h6-8,12,15H,9-11,18H2,1-5H3. The van der Waals surface area contributed by atoms with Crippen molar-refractivity contribution >= 4 is 5.69 Å². The molecule has 0 bridgehead atoms. The Morgan fingerprint density at radius 2 is 1.74 bits per heavy atom. The van der Waals surface area contributed by atoms with Gasteiger partial charge in [0, 0.05) is 19.3 Å². The molecule has 0 radical (unpaired) electrons. The molecule has 2 heteroatoms. The number of likely N-dealkylation sites (N-methyl/N-ethyl adjacent to an activating group) is 1. The average molecular weight is 260 g/mol. The van der Waals surface area contributed by atoms with E-state index in [1.165, 1.54) is 29.7 Å². The van der Waals surface area contributed by atoms with Crippen LogP contribution in [-0.4, -0.2) is 19.1 Å². The monoisotopic (exact) mass is 260 g/mol. The van der Waals surface area contributed by atoms with Crippen molar-refractivity contribution in [2.24, 2.45) is 17.6 Å². The summed E-state index contributed by atoms with van der Waals surface area (Å²) in [5.74, 6) is 1.60. The number of nitrogens with two attached hydrogens (primary N) is 1. The average Bonchev–Trinajstić information content (AvgIpc) is 2.26. The minimum absolute atomic E-state index is 0.176. The van der Waals surface area contributed by atoms with Crippen LogP contribution in [-0.2, 0) is 0 Å². The lowest BCUT2D eigenvalue weighted by atomic mass is 9.63. The molecule has 0 unspecified atom stereocenters. The number of benzene rings is 1. The Balaban J connectivity index is 2.20. The van der Waals surface area contributed by atoms with E-state index in [0.717, 1.165) is 18.4 Å². The highest BCUT2D eigenvalue weighted by molar-refractivity contribution is 5.53. The molecular formula is C17H28N2. The molecule has 19 heavy (non-hydrogen) atoms. The van der Waals surface area contributed by atoms with Gasteiger partial charge in [0.1, 0.15) is 0 Å². The van der Waals surface area contributed by atoms with Crippen LogP contribution in [0, 0.1) is 25.7 Å². The third kappa shape index (κ3) is 2.64. The van der Waals surface area contributed by atoms with Gasteiger partial charge in [0.05, 0.1) is 5.54 Å². The van der Waals surface area contributed by atoms with Gasteiger partial charge in [-0.1, -0.05) is 19.9 Å². The second-order valence-electron chi connectivity index (χ2n) is 6.75. The second kappa shape index (κ2) is 5.16. The van der Waals surface area contributed by atoms with Gasteiger partial charge in [-0.05, 0) is 61.8 Å². The SMILES string of the molecule is Cc1cc(C)cc(N(C)C2(CN)CC(C(C)C)C2)c1. The summed E-state index contributed by atoms with van der Waals surface area (Å²) in [7, 11) is 2.21. The number of hydrogen-bond acceptors (Lipinski definition) is 2. The van der Waals surface area contributed by atoms with E-state index in [9.17, 15) is 0 Å². The summed E-state index contributed by atoms with van der Waals surface area (Å²) < 4.78 is 0. The first-order valence-electron chi connectivity index (χ1n) is 7.40. The molecule has 0 saturated heterocycles. The highest BCUT2D eigenvalue weighted by Gasteiger charge is 2.47. The van der Waals surface area contributed by atoms with Crippen molar-refractivity contribution < 1.29 is 0 Å². The molecule has 0 amide bonds. The predicted octanol–water partition coefficient (Wildman–Crippen LogP) is 3.50. The number of hydrogen-bond donors (Lipinski definition) is 1. The maximum atomic E-state index is 6.10. The second-order valence-corrected chi connectivity index (χ2v) is 6.75. The predicted molar refractivity (Wildman–Crippen MR) is 83.7 cm³/mol. The van der Waals surface area contributed by atoms with E-state index in [-0.39, 0.29) is 5.54 Å². The Labute approximate surface area is 118 Å². The summed E-state index contributed by atoms with van der Waals surface area (Å²) in [5.41, 5.74) is 10.2. The first-order valence-corrected chi connectivity index (χ1v) is 7.40. The molecule has 1 aromatic carbocycles. The van der Waals surface area contributed by atoms with Crippen LogP contribution in [0.1, 0.15) is 37.8 Å². The van der Waals surface area contributed by atoms with Crippen LogP contribution in [0.4, 0.5) is 5.69 Å². The van der Waals surface area contributed by atoms with Crippen molar-refractivity contribution in [3.8, 4) is 0 Å². The fraction of sp³-hybridized carbons (Fsp3) is 0.647. The van der Waals surface area contributed by atoms with Gasteiger partial charge in [-0.15, -0.1) is 0 Å². The van der Waals surface area contributed by atoms with Crippen molar-refractivity contribution in [3.05, 3.63) is 29.3 Å².